The first-order chi connectivity index (χ1) is 5.69. The number of nitrogens with two attached hydrogens (primary N) is 2. The average Bonchev–Trinajstić information content (AvgIpc) is 2.05. The molecule has 0 aliphatic heterocycles. The molecule has 1 aromatic rings. The molecular formula is C7H13Cl2N3O2. The zero-order valence-corrected chi connectivity index (χ0v) is 9.45. The SMILES string of the molecule is COc1cc(OC)c(N)nc1N.Cl.Cl. The van der Waals surface area contributed by atoms with Gasteiger partial charge in [-0.1, -0.05) is 0 Å². The second-order valence-electron chi connectivity index (χ2n) is 2.16. The average molecular weight is 242 g/mol. The summed E-state index contributed by atoms with van der Waals surface area (Å²) in [6, 6.07) is 1.59. The van der Waals surface area contributed by atoms with Crippen molar-refractivity contribution in [1.29, 1.82) is 0 Å². The standard InChI is InChI=1S/C7H11N3O2.2ClH/c1-11-4-3-5(12-2)7(9)10-6(4)8;;/h3H,1-2H3,(H4,8,9,10);2*1H. The molecule has 0 saturated heterocycles. The Balaban J connectivity index is 0. The van der Waals surface area contributed by atoms with Gasteiger partial charge in [0.15, 0.2) is 23.1 Å². The number of ether oxygens (including phenoxy) is 2. The molecule has 0 saturated carbocycles. The van der Waals surface area contributed by atoms with Crippen LogP contribution in [0.3, 0.4) is 0 Å². The quantitative estimate of drug-likeness (QED) is 0.811. The fourth-order valence-corrected chi connectivity index (χ4v) is 0.834. The van der Waals surface area contributed by atoms with Crippen LogP contribution in [0.4, 0.5) is 11.6 Å². The molecule has 14 heavy (non-hydrogen) atoms. The fraction of sp³-hybridized carbons (Fsp3) is 0.286. The molecular weight excluding hydrogens is 229 g/mol. The predicted molar refractivity (Wildman–Crippen MR) is 60.7 cm³/mol. The van der Waals surface area contributed by atoms with Crippen molar-refractivity contribution in [3.8, 4) is 11.5 Å². The van der Waals surface area contributed by atoms with Crippen LogP contribution in [0.15, 0.2) is 6.07 Å². The lowest BCUT2D eigenvalue weighted by atomic mass is 10.4. The summed E-state index contributed by atoms with van der Waals surface area (Å²) in [5.41, 5.74) is 11.0. The summed E-state index contributed by atoms with van der Waals surface area (Å²) in [5, 5.41) is 0. The number of anilines is 2. The molecule has 1 heterocycles. The minimum atomic E-state index is 0. The third-order valence-electron chi connectivity index (χ3n) is 1.45. The molecule has 0 amide bonds. The molecule has 0 atom stereocenters. The van der Waals surface area contributed by atoms with Crippen molar-refractivity contribution in [2.45, 2.75) is 0 Å². The highest BCUT2D eigenvalue weighted by Gasteiger charge is 2.06. The number of rotatable bonds is 2. The monoisotopic (exact) mass is 241 g/mol. The second kappa shape index (κ2) is 6.39. The zero-order chi connectivity index (χ0) is 9.14. The second-order valence-corrected chi connectivity index (χ2v) is 2.16. The van der Waals surface area contributed by atoms with Crippen LogP contribution in [0.5, 0.6) is 11.5 Å². The Morgan fingerprint density at radius 2 is 1.36 bits per heavy atom. The number of aromatic nitrogens is 1. The number of methoxy groups -OCH3 is 2. The van der Waals surface area contributed by atoms with Gasteiger partial charge in [-0.3, -0.25) is 0 Å². The lowest BCUT2D eigenvalue weighted by molar-refractivity contribution is 0.394. The lowest BCUT2D eigenvalue weighted by Crippen LogP contribution is -2.01. The molecule has 0 aliphatic rings. The highest BCUT2D eigenvalue weighted by atomic mass is 35.5. The third kappa shape index (κ3) is 3.01. The van der Waals surface area contributed by atoms with Crippen molar-refractivity contribution in [2.75, 3.05) is 25.7 Å². The largest absolute Gasteiger partial charge is 0.493 e. The molecule has 0 radical (unpaired) electrons. The van der Waals surface area contributed by atoms with Crippen molar-refractivity contribution in [3.05, 3.63) is 6.07 Å². The summed E-state index contributed by atoms with van der Waals surface area (Å²) >= 11 is 0. The van der Waals surface area contributed by atoms with Crippen LogP contribution in [-0.2, 0) is 0 Å². The first-order valence-corrected chi connectivity index (χ1v) is 3.33. The first-order valence-electron chi connectivity index (χ1n) is 3.33. The van der Waals surface area contributed by atoms with Crippen LogP contribution >= 0.6 is 24.8 Å². The Bertz CT molecular complexity index is 271. The minimum absolute atomic E-state index is 0. The summed E-state index contributed by atoms with van der Waals surface area (Å²) in [6.45, 7) is 0. The van der Waals surface area contributed by atoms with Crippen LogP contribution < -0.4 is 20.9 Å². The molecule has 0 unspecified atom stereocenters. The van der Waals surface area contributed by atoms with E-state index >= 15 is 0 Å². The molecule has 0 aromatic carbocycles. The molecule has 4 N–H and O–H groups in total. The van der Waals surface area contributed by atoms with Gasteiger partial charge in [0.2, 0.25) is 0 Å². The van der Waals surface area contributed by atoms with E-state index in [2.05, 4.69) is 4.98 Å². The summed E-state index contributed by atoms with van der Waals surface area (Å²) in [6.07, 6.45) is 0. The Kier molecular flexibility index (Phi) is 7.04. The number of pyridine rings is 1. The summed E-state index contributed by atoms with van der Waals surface area (Å²) in [5.74, 6) is 1.44. The smallest absolute Gasteiger partial charge is 0.168 e. The van der Waals surface area contributed by atoms with Crippen LogP contribution in [0.2, 0.25) is 0 Å². The maximum atomic E-state index is 5.48. The van der Waals surface area contributed by atoms with Gasteiger partial charge in [-0.05, 0) is 0 Å². The number of nitrogens with zero attached hydrogens (tertiary/aromatic N) is 1. The Morgan fingerprint density at radius 1 is 1.00 bits per heavy atom. The molecule has 0 aliphatic carbocycles. The van der Waals surface area contributed by atoms with E-state index in [4.69, 9.17) is 20.9 Å². The van der Waals surface area contributed by atoms with E-state index in [0.717, 1.165) is 0 Å². The summed E-state index contributed by atoms with van der Waals surface area (Å²) < 4.78 is 9.84. The molecule has 5 nitrogen and oxygen atoms in total. The van der Waals surface area contributed by atoms with E-state index in [9.17, 15) is 0 Å². The molecule has 0 bridgehead atoms. The van der Waals surface area contributed by atoms with E-state index in [1.54, 1.807) is 6.07 Å². The van der Waals surface area contributed by atoms with Gasteiger partial charge in [0.05, 0.1) is 14.2 Å². The Labute approximate surface area is 94.6 Å². The van der Waals surface area contributed by atoms with Crippen LogP contribution in [-0.4, -0.2) is 19.2 Å². The van der Waals surface area contributed by atoms with E-state index in [-0.39, 0.29) is 36.4 Å². The molecule has 0 fully saturated rings. The van der Waals surface area contributed by atoms with Gasteiger partial charge in [-0.25, -0.2) is 4.98 Å². The van der Waals surface area contributed by atoms with E-state index < -0.39 is 0 Å². The van der Waals surface area contributed by atoms with Crippen molar-refractivity contribution < 1.29 is 9.47 Å². The molecule has 7 heteroatoms. The summed E-state index contributed by atoms with van der Waals surface area (Å²) in [7, 11) is 3.01. The Hall–Kier alpha value is -1.07. The van der Waals surface area contributed by atoms with Gasteiger partial charge in [0.1, 0.15) is 0 Å². The molecule has 0 spiro atoms. The van der Waals surface area contributed by atoms with E-state index in [0.29, 0.717) is 11.5 Å². The lowest BCUT2D eigenvalue weighted by Gasteiger charge is -2.07. The van der Waals surface area contributed by atoms with Crippen molar-refractivity contribution in [3.63, 3.8) is 0 Å². The number of halogens is 2. The topological polar surface area (TPSA) is 83.4 Å². The number of hydrogen-bond acceptors (Lipinski definition) is 5. The maximum Gasteiger partial charge on any atom is 0.168 e. The van der Waals surface area contributed by atoms with Gasteiger partial charge in [-0.2, -0.15) is 0 Å². The number of nitrogen functional groups attached to an aromatic ring is 2. The van der Waals surface area contributed by atoms with Crippen molar-refractivity contribution in [1.82, 2.24) is 4.98 Å². The molecule has 82 valence electrons. The number of hydrogen-bond donors (Lipinski definition) is 2. The van der Waals surface area contributed by atoms with Crippen LogP contribution in [0, 0.1) is 0 Å². The normalized spacial score (nSPS) is 8.14. The Morgan fingerprint density at radius 3 is 1.64 bits per heavy atom. The van der Waals surface area contributed by atoms with Gasteiger partial charge >= 0.3 is 0 Å². The van der Waals surface area contributed by atoms with Crippen LogP contribution in [0.25, 0.3) is 0 Å². The molecule has 1 aromatic heterocycles. The van der Waals surface area contributed by atoms with Crippen LogP contribution in [0.1, 0.15) is 0 Å². The highest BCUT2D eigenvalue weighted by Crippen LogP contribution is 2.28. The first kappa shape index (κ1) is 15.4. The van der Waals surface area contributed by atoms with Crippen molar-refractivity contribution >= 4 is 36.4 Å². The minimum Gasteiger partial charge on any atom is -0.493 e. The predicted octanol–water partition coefficient (Wildman–Crippen LogP) is 1.11. The molecule has 1 rings (SSSR count). The summed E-state index contributed by atoms with van der Waals surface area (Å²) in [4.78, 5) is 3.82. The van der Waals surface area contributed by atoms with Gasteiger partial charge in [-0.15, -0.1) is 24.8 Å². The van der Waals surface area contributed by atoms with Crippen molar-refractivity contribution in [2.24, 2.45) is 0 Å². The zero-order valence-electron chi connectivity index (χ0n) is 7.81. The van der Waals surface area contributed by atoms with Gasteiger partial charge < -0.3 is 20.9 Å². The maximum absolute atomic E-state index is 5.48. The van der Waals surface area contributed by atoms with Gasteiger partial charge in [0.25, 0.3) is 0 Å². The van der Waals surface area contributed by atoms with E-state index in [1.807, 2.05) is 0 Å². The fourth-order valence-electron chi connectivity index (χ4n) is 0.834. The van der Waals surface area contributed by atoms with E-state index in [1.165, 1.54) is 14.2 Å². The van der Waals surface area contributed by atoms with Gasteiger partial charge in [0, 0.05) is 6.07 Å². The third-order valence-corrected chi connectivity index (χ3v) is 1.45. The highest BCUT2D eigenvalue weighted by molar-refractivity contribution is 5.85.